The van der Waals surface area contributed by atoms with Gasteiger partial charge in [0, 0.05) is 14.1 Å². The second kappa shape index (κ2) is 15.6. The van der Waals surface area contributed by atoms with E-state index in [0.717, 1.165) is 0 Å². The minimum absolute atomic E-state index is 0.0153. The molecule has 3 rings (SSSR count). The van der Waals surface area contributed by atoms with E-state index >= 15 is 0 Å². The number of fused-ring (bicyclic) bond motifs is 1. The van der Waals surface area contributed by atoms with Crippen LogP contribution in [0.15, 0.2) is 17.8 Å². The maximum absolute atomic E-state index is 14.5. The topological polar surface area (TPSA) is 226 Å². The molecule has 264 valence electrons. The molecule has 18 heteroatoms. The third-order valence-electron chi connectivity index (χ3n) is 7.16. The Morgan fingerprint density at radius 3 is 2.09 bits per heavy atom. The normalized spacial score (nSPS) is 19.7. The molecule has 0 aliphatic carbocycles. The van der Waals surface area contributed by atoms with Crippen molar-refractivity contribution in [1.29, 1.82) is 0 Å². The van der Waals surface area contributed by atoms with Gasteiger partial charge >= 0.3 is 19.6 Å². The second-order valence-corrected chi connectivity index (χ2v) is 14.3. The number of ether oxygens (including phenoxy) is 3. The Balaban J connectivity index is 1.98. The number of nitrogen functional groups attached to an aromatic ring is 1. The largest absolute Gasteiger partial charge is 0.506 e. The number of nitrogens with two attached hydrogens (primary N) is 1. The highest BCUT2D eigenvalue weighted by Gasteiger charge is 2.49. The van der Waals surface area contributed by atoms with Crippen LogP contribution in [0.4, 0.5) is 11.8 Å². The first-order valence-electron chi connectivity index (χ1n) is 15.6. The third kappa shape index (κ3) is 9.11. The minimum Gasteiger partial charge on any atom is -0.506 e. The first kappa shape index (κ1) is 38.0. The molecular weight excluding hydrogens is 635 g/mol. The van der Waals surface area contributed by atoms with E-state index in [-0.39, 0.29) is 55.2 Å². The monoisotopic (exact) mass is 684 g/mol. The fraction of sp³-hybridized carbons (Fsp3) is 0.690. The van der Waals surface area contributed by atoms with E-state index < -0.39 is 55.9 Å². The van der Waals surface area contributed by atoms with Crippen molar-refractivity contribution in [1.82, 2.24) is 29.7 Å². The molecular formula is C29H49N8O9P. The number of nitrogens with one attached hydrogen (secondary N) is 2. The molecule has 0 saturated carbocycles. The molecule has 1 aliphatic heterocycles. The summed E-state index contributed by atoms with van der Waals surface area (Å²) in [5.41, 5.74) is 4.52. The smallest absolute Gasteiger partial charge is 0.342 e. The van der Waals surface area contributed by atoms with Gasteiger partial charge in [-0.15, -0.1) is 0 Å². The van der Waals surface area contributed by atoms with Crippen LogP contribution >= 0.6 is 7.67 Å². The molecule has 0 spiro atoms. The van der Waals surface area contributed by atoms with E-state index in [1.54, 1.807) is 32.8 Å². The van der Waals surface area contributed by atoms with E-state index in [1.165, 1.54) is 17.8 Å². The predicted molar refractivity (Wildman–Crippen MR) is 174 cm³/mol. The van der Waals surface area contributed by atoms with E-state index in [2.05, 4.69) is 25.1 Å². The van der Waals surface area contributed by atoms with Gasteiger partial charge in [0.05, 0.1) is 13.2 Å². The maximum Gasteiger partial charge on any atom is 0.342 e. The molecule has 1 aliphatic rings. The van der Waals surface area contributed by atoms with Crippen molar-refractivity contribution in [2.75, 3.05) is 44.5 Å². The van der Waals surface area contributed by atoms with Gasteiger partial charge in [0.1, 0.15) is 25.0 Å². The van der Waals surface area contributed by atoms with Crippen LogP contribution in [-0.4, -0.2) is 93.3 Å². The number of aromatic nitrogens is 4. The number of esters is 2. The lowest BCUT2D eigenvalue weighted by atomic mass is 10.0. The molecule has 1 unspecified atom stereocenters. The lowest BCUT2D eigenvalue weighted by Gasteiger charge is -2.29. The van der Waals surface area contributed by atoms with Gasteiger partial charge in [0.15, 0.2) is 34.1 Å². The fourth-order valence-corrected chi connectivity index (χ4v) is 6.80. The Morgan fingerprint density at radius 1 is 1.09 bits per heavy atom. The summed E-state index contributed by atoms with van der Waals surface area (Å²) >= 11 is 0. The Hall–Kier alpha value is -3.50. The lowest BCUT2D eigenvalue weighted by molar-refractivity contribution is -0.146. The Morgan fingerprint density at radius 2 is 1.62 bits per heavy atom. The number of carbonyl (C=O) groups is 2. The zero-order chi connectivity index (χ0) is 35.3. The van der Waals surface area contributed by atoms with Gasteiger partial charge in [0.25, 0.3) is 0 Å². The Bertz CT molecular complexity index is 1460. The lowest BCUT2D eigenvalue weighted by Crippen LogP contribution is -2.45. The van der Waals surface area contributed by atoms with E-state index in [1.807, 2.05) is 27.7 Å². The second-order valence-electron chi connectivity index (χ2n) is 12.5. The molecule has 0 aromatic carbocycles. The van der Waals surface area contributed by atoms with Crippen molar-refractivity contribution in [2.24, 2.45) is 11.8 Å². The number of imidazole rings is 1. The van der Waals surface area contributed by atoms with Crippen molar-refractivity contribution < 1.29 is 43.1 Å². The van der Waals surface area contributed by atoms with E-state index in [4.69, 9.17) is 24.5 Å². The van der Waals surface area contributed by atoms with Crippen LogP contribution in [-0.2, 0) is 32.9 Å². The molecule has 2 aromatic rings. The number of aliphatic hydroxyl groups excluding tert-OH is 1. The van der Waals surface area contributed by atoms with Crippen LogP contribution in [0.2, 0.25) is 0 Å². The molecule has 2 aromatic heterocycles. The standard InChI is InChI=1S/C29H49N8O9P/c1-10-43-25(39)18(12-16(3)4)34-47(42,35-19(13-17(5)6)26(40)44-11-2)45-14-20-22(38)29(7,41)27(46-20)37-15-31-21-23(36(8)9)32-28(30)33-24(21)37/h15-19,27,38,41H,10-14H2,1-9H3,(H2,30,32,33)(H2,34,35,42)/t18-,19-,27+,29?/m0/s1. The summed E-state index contributed by atoms with van der Waals surface area (Å²) in [6.07, 6.45) is 0.535. The maximum atomic E-state index is 14.5. The van der Waals surface area contributed by atoms with Crippen molar-refractivity contribution in [3.8, 4) is 0 Å². The summed E-state index contributed by atoms with van der Waals surface area (Å²) < 4.78 is 38.2. The number of nitrogens with zero attached hydrogens (tertiary/aromatic N) is 5. The summed E-state index contributed by atoms with van der Waals surface area (Å²) in [7, 11) is -0.820. The van der Waals surface area contributed by atoms with Crippen molar-refractivity contribution in [3.05, 3.63) is 17.8 Å². The fourth-order valence-electron chi connectivity index (χ4n) is 5.04. The predicted octanol–water partition coefficient (Wildman–Crippen LogP) is 2.78. The highest BCUT2D eigenvalue weighted by molar-refractivity contribution is 7.54. The van der Waals surface area contributed by atoms with E-state index in [0.29, 0.717) is 11.3 Å². The van der Waals surface area contributed by atoms with Gasteiger partial charge in [-0.05, 0) is 45.4 Å². The summed E-state index contributed by atoms with van der Waals surface area (Å²) in [6.45, 7) is 11.7. The van der Waals surface area contributed by atoms with Gasteiger partial charge in [-0.2, -0.15) is 9.97 Å². The van der Waals surface area contributed by atoms with Crippen LogP contribution in [0.5, 0.6) is 0 Å². The first-order valence-corrected chi connectivity index (χ1v) is 17.2. The summed E-state index contributed by atoms with van der Waals surface area (Å²) in [5.74, 6) is -1.82. The van der Waals surface area contributed by atoms with Crippen molar-refractivity contribution in [3.63, 3.8) is 0 Å². The molecule has 4 atom stereocenters. The molecule has 47 heavy (non-hydrogen) atoms. The zero-order valence-corrected chi connectivity index (χ0v) is 29.4. The quantitative estimate of drug-likeness (QED) is 0.119. The number of hydrogen-bond donors (Lipinski definition) is 5. The number of aliphatic hydroxyl groups is 2. The molecule has 3 heterocycles. The molecule has 17 nitrogen and oxygen atoms in total. The summed E-state index contributed by atoms with van der Waals surface area (Å²) in [5, 5.41) is 28.0. The van der Waals surface area contributed by atoms with Crippen molar-refractivity contribution >= 4 is 42.5 Å². The summed E-state index contributed by atoms with van der Waals surface area (Å²) in [6, 6.07) is -2.15. The SMILES string of the molecule is CCOC(=O)[C@H](CC(C)C)NP(=O)(N[C@@H](CC(C)C)C(=O)OCC)OCC1=C(O)C(C)(O)[C@H](n2cnc3c(N(C)C)nc(N)nc32)O1. The van der Waals surface area contributed by atoms with Crippen LogP contribution in [0.25, 0.3) is 11.2 Å². The minimum atomic E-state index is -4.33. The zero-order valence-electron chi connectivity index (χ0n) is 28.5. The van der Waals surface area contributed by atoms with Crippen molar-refractivity contribution in [2.45, 2.75) is 85.2 Å². The summed E-state index contributed by atoms with van der Waals surface area (Å²) in [4.78, 5) is 40.4. The average molecular weight is 685 g/mol. The van der Waals surface area contributed by atoms with Gasteiger partial charge in [0.2, 0.25) is 12.2 Å². The van der Waals surface area contributed by atoms with Gasteiger partial charge in [-0.3, -0.25) is 23.2 Å². The highest BCUT2D eigenvalue weighted by Crippen LogP contribution is 2.46. The van der Waals surface area contributed by atoms with Crippen LogP contribution in [0.1, 0.15) is 67.5 Å². The number of rotatable bonds is 17. The van der Waals surface area contributed by atoms with Gasteiger partial charge in [-0.25, -0.2) is 15.2 Å². The number of carbonyl (C=O) groups excluding carboxylic acids is 2. The van der Waals surface area contributed by atoms with Gasteiger partial charge in [-0.1, -0.05) is 27.7 Å². The Labute approximate surface area is 274 Å². The number of anilines is 2. The Kier molecular flexibility index (Phi) is 12.6. The average Bonchev–Trinajstić information content (AvgIpc) is 3.47. The van der Waals surface area contributed by atoms with Crippen LogP contribution in [0.3, 0.4) is 0 Å². The van der Waals surface area contributed by atoms with E-state index in [9.17, 15) is 24.4 Å². The molecule has 0 bridgehead atoms. The van der Waals surface area contributed by atoms with Crippen LogP contribution < -0.4 is 20.8 Å². The molecule has 0 fully saturated rings. The first-order chi connectivity index (χ1) is 21.9. The molecule has 6 N–H and O–H groups in total. The van der Waals surface area contributed by atoms with Gasteiger partial charge < -0.3 is 35.1 Å². The third-order valence-corrected chi connectivity index (χ3v) is 8.96. The van der Waals surface area contributed by atoms with Crippen LogP contribution in [0, 0.1) is 11.8 Å². The molecule has 0 radical (unpaired) electrons. The molecule has 0 amide bonds. The molecule has 0 saturated heterocycles. The number of hydrogen-bond acceptors (Lipinski definition) is 14. The highest BCUT2D eigenvalue weighted by atomic mass is 31.2.